The molecule has 0 saturated heterocycles. The summed E-state index contributed by atoms with van der Waals surface area (Å²) in [5.41, 5.74) is 0.918. The maximum atomic E-state index is 12.3. The fourth-order valence-electron chi connectivity index (χ4n) is 1.99. The normalized spacial score (nSPS) is 10.7. The van der Waals surface area contributed by atoms with Crippen LogP contribution in [0.5, 0.6) is 5.75 Å². The Morgan fingerprint density at radius 3 is 2.67 bits per heavy atom. The molecule has 0 aromatic heterocycles. The van der Waals surface area contributed by atoms with Gasteiger partial charge in [0, 0.05) is 0 Å². The van der Waals surface area contributed by atoms with E-state index in [1.54, 1.807) is 42.5 Å². The molecule has 0 spiro atoms. The van der Waals surface area contributed by atoms with Crippen LogP contribution in [-0.4, -0.2) is 25.6 Å². The van der Waals surface area contributed by atoms with Crippen LogP contribution in [0.4, 0.5) is 5.69 Å². The number of nitrogens with one attached hydrogen (secondary N) is 1. The Bertz CT molecular complexity index is 938. The SMILES string of the molecule is COC(=O)COc1ccc(/C=C(\C#N)C(=O)Nc2ccccc2Cl)cc1Br. The first-order chi connectivity index (χ1) is 12.9. The molecule has 1 N–H and O–H groups in total. The number of ether oxygens (including phenoxy) is 2. The van der Waals surface area contributed by atoms with Gasteiger partial charge in [0.25, 0.3) is 5.91 Å². The van der Waals surface area contributed by atoms with Crippen molar-refractivity contribution in [1.29, 1.82) is 5.26 Å². The van der Waals surface area contributed by atoms with Gasteiger partial charge in [-0.3, -0.25) is 4.79 Å². The second-order valence-corrected chi connectivity index (χ2v) is 6.42. The van der Waals surface area contributed by atoms with E-state index in [-0.39, 0.29) is 12.2 Å². The average molecular weight is 450 g/mol. The fraction of sp³-hybridized carbons (Fsp3) is 0.105. The fourth-order valence-corrected chi connectivity index (χ4v) is 2.68. The lowest BCUT2D eigenvalue weighted by molar-refractivity contribution is -0.142. The zero-order valence-corrected chi connectivity index (χ0v) is 16.5. The summed E-state index contributed by atoms with van der Waals surface area (Å²) in [6, 6.07) is 13.5. The molecule has 0 aliphatic carbocycles. The molecule has 0 atom stereocenters. The number of hydrogen-bond acceptors (Lipinski definition) is 5. The molecule has 0 aliphatic heterocycles. The third-order valence-electron chi connectivity index (χ3n) is 3.33. The van der Waals surface area contributed by atoms with Crippen molar-refractivity contribution in [2.24, 2.45) is 0 Å². The van der Waals surface area contributed by atoms with Crippen LogP contribution in [0.15, 0.2) is 52.5 Å². The number of methoxy groups -OCH3 is 1. The number of halogens is 2. The molecule has 0 bridgehead atoms. The molecule has 0 radical (unpaired) electrons. The molecule has 0 unspecified atom stereocenters. The van der Waals surface area contributed by atoms with Crippen LogP contribution < -0.4 is 10.1 Å². The quantitative estimate of drug-likeness (QED) is 0.406. The first-order valence-corrected chi connectivity index (χ1v) is 8.78. The minimum absolute atomic E-state index is 0.0925. The molecule has 2 aromatic rings. The molecular weight excluding hydrogens is 436 g/mol. The van der Waals surface area contributed by atoms with E-state index >= 15 is 0 Å². The van der Waals surface area contributed by atoms with Crippen LogP contribution >= 0.6 is 27.5 Å². The van der Waals surface area contributed by atoms with Crippen LogP contribution in [0.2, 0.25) is 5.02 Å². The standard InChI is InChI=1S/C19H14BrClN2O4/c1-26-18(24)11-27-17-7-6-12(9-14(17)20)8-13(10-22)19(25)23-16-5-3-2-4-15(16)21/h2-9H,11H2,1H3,(H,23,25)/b13-8+. The second-order valence-electron chi connectivity index (χ2n) is 5.16. The third kappa shape index (κ3) is 5.84. The predicted octanol–water partition coefficient (Wildman–Crippen LogP) is 4.20. The lowest BCUT2D eigenvalue weighted by Gasteiger charge is -2.08. The smallest absolute Gasteiger partial charge is 0.343 e. The number of para-hydroxylation sites is 1. The molecule has 0 saturated carbocycles. The molecule has 2 aromatic carbocycles. The number of carbonyl (C=O) groups is 2. The Balaban J connectivity index is 2.16. The molecule has 0 aliphatic rings. The van der Waals surface area contributed by atoms with Gasteiger partial charge >= 0.3 is 5.97 Å². The highest BCUT2D eigenvalue weighted by atomic mass is 79.9. The zero-order chi connectivity index (χ0) is 19.8. The number of nitriles is 1. The first-order valence-electron chi connectivity index (χ1n) is 7.61. The lowest BCUT2D eigenvalue weighted by atomic mass is 10.1. The van der Waals surface area contributed by atoms with Crippen molar-refractivity contribution in [3.63, 3.8) is 0 Å². The van der Waals surface area contributed by atoms with Gasteiger partial charge in [-0.05, 0) is 51.8 Å². The molecule has 138 valence electrons. The first kappa shape index (κ1) is 20.5. The molecular formula is C19H14BrClN2O4. The van der Waals surface area contributed by atoms with Gasteiger partial charge < -0.3 is 14.8 Å². The van der Waals surface area contributed by atoms with E-state index in [1.807, 2.05) is 6.07 Å². The van der Waals surface area contributed by atoms with Crippen molar-refractivity contribution >= 4 is 51.2 Å². The van der Waals surface area contributed by atoms with Crippen LogP contribution in [0.3, 0.4) is 0 Å². The summed E-state index contributed by atoms with van der Waals surface area (Å²) < 4.78 is 10.4. The number of esters is 1. The summed E-state index contributed by atoms with van der Waals surface area (Å²) in [6.45, 7) is -0.228. The van der Waals surface area contributed by atoms with Gasteiger partial charge in [0.1, 0.15) is 17.4 Å². The highest BCUT2D eigenvalue weighted by Gasteiger charge is 2.12. The van der Waals surface area contributed by atoms with Crippen molar-refractivity contribution < 1.29 is 19.1 Å². The van der Waals surface area contributed by atoms with Crippen LogP contribution in [0.1, 0.15) is 5.56 Å². The van der Waals surface area contributed by atoms with E-state index in [1.165, 1.54) is 13.2 Å². The van der Waals surface area contributed by atoms with Crippen LogP contribution in [-0.2, 0) is 14.3 Å². The summed E-state index contributed by atoms with van der Waals surface area (Å²) >= 11 is 9.33. The topological polar surface area (TPSA) is 88.4 Å². The van der Waals surface area contributed by atoms with Crippen LogP contribution in [0, 0.1) is 11.3 Å². The van der Waals surface area contributed by atoms with Gasteiger partial charge in [-0.15, -0.1) is 0 Å². The van der Waals surface area contributed by atoms with Crippen molar-refractivity contribution in [3.8, 4) is 11.8 Å². The monoisotopic (exact) mass is 448 g/mol. The minimum Gasteiger partial charge on any atom is -0.481 e. The highest BCUT2D eigenvalue weighted by Crippen LogP contribution is 2.27. The summed E-state index contributed by atoms with van der Waals surface area (Å²) in [5.74, 6) is -0.654. The van der Waals surface area contributed by atoms with Crippen LogP contribution in [0.25, 0.3) is 6.08 Å². The largest absolute Gasteiger partial charge is 0.481 e. The summed E-state index contributed by atoms with van der Waals surface area (Å²) in [4.78, 5) is 23.4. The maximum Gasteiger partial charge on any atom is 0.343 e. The van der Waals surface area contributed by atoms with Gasteiger partial charge in [-0.2, -0.15) is 5.26 Å². The van der Waals surface area contributed by atoms with Gasteiger partial charge in [0.05, 0.1) is 22.3 Å². The molecule has 27 heavy (non-hydrogen) atoms. The van der Waals surface area contributed by atoms with E-state index in [2.05, 4.69) is 26.0 Å². The van der Waals surface area contributed by atoms with Crippen molar-refractivity contribution in [3.05, 3.63) is 63.1 Å². The second kappa shape index (κ2) is 9.76. The Morgan fingerprint density at radius 2 is 2.04 bits per heavy atom. The maximum absolute atomic E-state index is 12.3. The summed E-state index contributed by atoms with van der Waals surface area (Å²) in [7, 11) is 1.27. The molecule has 1 amide bonds. The average Bonchev–Trinajstić information content (AvgIpc) is 2.66. The number of nitrogens with zero attached hydrogens (tertiary/aromatic N) is 1. The molecule has 6 nitrogen and oxygen atoms in total. The van der Waals surface area contributed by atoms with E-state index in [9.17, 15) is 14.9 Å². The predicted molar refractivity (Wildman–Crippen MR) is 105 cm³/mol. The van der Waals surface area contributed by atoms with Gasteiger partial charge in [0.2, 0.25) is 0 Å². The van der Waals surface area contributed by atoms with E-state index in [0.29, 0.717) is 26.5 Å². The Morgan fingerprint density at radius 1 is 1.30 bits per heavy atom. The Kier molecular flexibility index (Phi) is 7.41. The van der Waals surface area contributed by atoms with Crippen molar-refractivity contribution in [1.82, 2.24) is 0 Å². The van der Waals surface area contributed by atoms with Gasteiger partial charge in [-0.1, -0.05) is 29.8 Å². The van der Waals surface area contributed by atoms with E-state index in [0.717, 1.165) is 0 Å². The third-order valence-corrected chi connectivity index (χ3v) is 4.28. The number of benzene rings is 2. The Labute approximate surface area is 169 Å². The highest BCUT2D eigenvalue weighted by molar-refractivity contribution is 9.10. The number of amides is 1. The molecule has 0 heterocycles. The summed E-state index contributed by atoms with van der Waals surface area (Å²) in [5, 5.41) is 12.3. The lowest BCUT2D eigenvalue weighted by Crippen LogP contribution is -2.13. The molecule has 0 fully saturated rings. The molecule has 2 rings (SSSR count). The number of carbonyl (C=O) groups excluding carboxylic acids is 2. The number of hydrogen-bond donors (Lipinski definition) is 1. The van der Waals surface area contributed by atoms with E-state index in [4.69, 9.17) is 16.3 Å². The molecule has 8 heteroatoms. The van der Waals surface area contributed by atoms with Gasteiger partial charge in [0.15, 0.2) is 6.61 Å². The number of anilines is 1. The minimum atomic E-state index is -0.576. The summed E-state index contributed by atoms with van der Waals surface area (Å²) in [6.07, 6.45) is 1.43. The van der Waals surface area contributed by atoms with E-state index < -0.39 is 11.9 Å². The van der Waals surface area contributed by atoms with Crippen molar-refractivity contribution in [2.45, 2.75) is 0 Å². The van der Waals surface area contributed by atoms with Crippen molar-refractivity contribution in [2.75, 3.05) is 19.0 Å². The zero-order valence-electron chi connectivity index (χ0n) is 14.2. The number of rotatable bonds is 6. The Hall–Kier alpha value is -2.82. The van der Waals surface area contributed by atoms with Gasteiger partial charge in [-0.25, -0.2) is 4.79 Å².